The third-order valence-electron chi connectivity index (χ3n) is 3.40. The van der Waals surface area contributed by atoms with E-state index in [9.17, 15) is 0 Å². The molecule has 2 rings (SSSR count). The molecule has 1 aromatic rings. The van der Waals surface area contributed by atoms with Gasteiger partial charge in [0.2, 0.25) is 0 Å². The lowest BCUT2D eigenvalue weighted by Crippen LogP contribution is -2.32. The first-order valence-electron chi connectivity index (χ1n) is 6.58. The fourth-order valence-electron chi connectivity index (χ4n) is 2.40. The third kappa shape index (κ3) is 3.00. The van der Waals surface area contributed by atoms with E-state index in [2.05, 4.69) is 10.3 Å². The monoisotopic (exact) mass is 250 g/mol. The highest BCUT2D eigenvalue weighted by atomic mass is 16.5. The molecular weight excluding hydrogens is 228 g/mol. The van der Waals surface area contributed by atoms with Crippen molar-refractivity contribution in [1.29, 1.82) is 0 Å². The Morgan fingerprint density at radius 1 is 1.44 bits per heavy atom. The van der Waals surface area contributed by atoms with E-state index in [1.165, 1.54) is 12.8 Å². The summed E-state index contributed by atoms with van der Waals surface area (Å²) >= 11 is 0. The molecule has 0 spiro atoms. The van der Waals surface area contributed by atoms with Gasteiger partial charge in [0.05, 0.1) is 24.9 Å². The highest BCUT2D eigenvalue weighted by molar-refractivity contribution is 5.27. The summed E-state index contributed by atoms with van der Waals surface area (Å²) in [7, 11) is 3.75. The van der Waals surface area contributed by atoms with E-state index in [0.717, 1.165) is 11.3 Å². The maximum absolute atomic E-state index is 5.65. The summed E-state index contributed by atoms with van der Waals surface area (Å²) < 4.78 is 11.1. The molecule has 4 heteroatoms. The lowest BCUT2D eigenvalue weighted by molar-refractivity contribution is 0.0529. The van der Waals surface area contributed by atoms with Gasteiger partial charge in [0.25, 0.3) is 0 Å². The van der Waals surface area contributed by atoms with E-state index < -0.39 is 0 Å². The number of pyridine rings is 1. The van der Waals surface area contributed by atoms with Gasteiger partial charge in [-0.25, -0.2) is 0 Å². The Balaban J connectivity index is 2.17. The van der Waals surface area contributed by atoms with Gasteiger partial charge in [-0.15, -0.1) is 0 Å². The zero-order valence-electron chi connectivity index (χ0n) is 11.3. The van der Waals surface area contributed by atoms with Crippen LogP contribution >= 0.6 is 0 Å². The van der Waals surface area contributed by atoms with E-state index in [4.69, 9.17) is 9.47 Å². The van der Waals surface area contributed by atoms with Crippen LogP contribution in [0.2, 0.25) is 0 Å². The smallest absolute Gasteiger partial charge is 0.137 e. The Bertz CT molecular complexity index is 380. The van der Waals surface area contributed by atoms with Crippen molar-refractivity contribution < 1.29 is 9.47 Å². The largest absolute Gasteiger partial charge is 0.492 e. The Kier molecular flexibility index (Phi) is 4.55. The summed E-state index contributed by atoms with van der Waals surface area (Å²) in [5.41, 5.74) is 1.13. The topological polar surface area (TPSA) is 43.4 Å². The SMILES string of the molecule is CCOc1cncc(C(NC)C(OC)C2CC2)c1. The summed E-state index contributed by atoms with van der Waals surface area (Å²) in [4.78, 5) is 4.25. The zero-order valence-corrected chi connectivity index (χ0v) is 11.3. The number of methoxy groups -OCH3 is 1. The third-order valence-corrected chi connectivity index (χ3v) is 3.40. The molecule has 0 amide bonds. The first kappa shape index (κ1) is 13.3. The van der Waals surface area contributed by atoms with Crippen LogP contribution in [-0.2, 0) is 4.74 Å². The van der Waals surface area contributed by atoms with E-state index in [1.807, 2.05) is 26.2 Å². The van der Waals surface area contributed by atoms with Crippen molar-refractivity contribution in [2.24, 2.45) is 5.92 Å². The van der Waals surface area contributed by atoms with E-state index in [1.54, 1.807) is 13.3 Å². The standard InChI is InChI=1S/C14H22N2O2/c1-4-18-12-7-11(8-16-9-12)13(15-2)14(17-3)10-5-6-10/h7-10,13-15H,4-6H2,1-3H3. The number of rotatable bonds is 7. The summed E-state index contributed by atoms with van der Waals surface area (Å²) in [6.07, 6.45) is 6.37. The second-order valence-corrected chi connectivity index (χ2v) is 4.69. The minimum absolute atomic E-state index is 0.176. The second-order valence-electron chi connectivity index (χ2n) is 4.69. The molecule has 18 heavy (non-hydrogen) atoms. The molecule has 2 atom stereocenters. The Labute approximate surface area is 109 Å². The van der Waals surface area contributed by atoms with Crippen molar-refractivity contribution in [2.45, 2.75) is 31.9 Å². The average molecular weight is 250 g/mol. The van der Waals surface area contributed by atoms with Crippen molar-refractivity contribution in [1.82, 2.24) is 10.3 Å². The van der Waals surface area contributed by atoms with Gasteiger partial charge >= 0.3 is 0 Å². The van der Waals surface area contributed by atoms with Crippen molar-refractivity contribution in [3.05, 3.63) is 24.0 Å². The molecule has 1 heterocycles. The second kappa shape index (κ2) is 6.16. The average Bonchev–Trinajstić information content (AvgIpc) is 3.21. The van der Waals surface area contributed by atoms with Gasteiger partial charge in [-0.05, 0) is 44.4 Å². The Hall–Kier alpha value is -1.13. The molecular formula is C14H22N2O2. The fraction of sp³-hybridized carbons (Fsp3) is 0.643. The van der Waals surface area contributed by atoms with Gasteiger partial charge in [-0.1, -0.05) is 0 Å². The molecule has 1 saturated carbocycles. The summed E-state index contributed by atoms with van der Waals surface area (Å²) in [5.74, 6) is 1.49. The first-order valence-corrected chi connectivity index (χ1v) is 6.58. The number of nitrogens with one attached hydrogen (secondary N) is 1. The zero-order chi connectivity index (χ0) is 13.0. The molecule has 1 aliphatic carbocycles. The highest BCUT2D eigenvalue weighted by Gasteiger charge is 2.37. The predicted molar refractivity (Wildman–Crippen MR) is 70.7 cm³/mol. The van der Waals surface area contributed by atoms with Crippen LogP contribution in [0.4, 0.5) is 0 Å². The minimum Gasteiger partial charge on any atom is -0.492 e. The summed E-state index contributed by atoms with van der Waals surface area (Å²) in [6.45, 7) is 2.63. The summed E-state index contributed by atoms with van der Waals surface area (Å²) in [6, 6.07) is 2.22. The number of likely N-dealkylation sites (N-methyl/N-ethyl adjacent to an activating group) is 1. The Morgan fingerprint density at radius 3 is 2.78 bits per heavy atom. The van der Waals surface area contributed by atoms with Crippen LogP contribution in [-0.4, -0.2) is 31.9 Å². The van der Waals surface area contributed by atoms with Crippen LogP contribution in [0.1, 0.15) is 31.4 Å². The molecule has 1 N–H and O–H groups in total. The van der Waals surface area contributed by atoms with Gasteiger partial charge in [-0.3, -0.25) is 4.98 Å². The Morgan fingerprint density at radius 2 is 2.22 bits per heavy atom. The lowest BCUT2D eigenvalue weighted by atomic mass is 9.99. The molecule has 1 aliphatic rings. The van der Waals surface area contributed by atoms with E-state index in [0.29, 0.717) is 12.5 Å². The van der Waals surface area contributed by atoms with Gasteiger partial charge in [-0.2, -0.15) is 0 Å². The fourth-order valence-corrected chi connectivity index (χ4v) is 2.40. The van der Waals surface area contributed by atoms with Gasteiger partial charge in [0.1, 0.15) is 5.75 Å². The van der Waals surface area contributed by atoms with E-state index in [-0.39, 0.29) is 12.1 Å². The van der Waals surface area contributed by atoms with Gasteiger partial charge in [0, 0.05) is 13.3 Å². The summed E-state index contributed by atoms with van der Waals surface area (Å²) in [5, 5.41) is 3.34. The van der Waals surface area contributed by atoms with Crippen LogP contribution in [0.25, 0.3) is 0 Å². The molecule has 0 radical (unpaired) electrons. The number of nitrogens with zero attached hydrogens (tertiary/aromatic N) is 1. The highest BCUT2D eigenvalue weighted by Crippen LogP contribution is 2.39. The molecule has 0 bridgehead atoms. The van der Waals surface area contributed by atoms with Crippen molar-refractivity contribution in [2.75, 3.05) is 20.8 Å². The molecule has 4 nitrogen and oxygen atoms in total. The van der Waals surface area contributed by atoms with Crippen molar-refractivity contribution in [3.63, 3.8) is 0 Å². The molecule has 0 aliphatic heterocycles. The van der Waals surface area contributed by atoms with Crippen LogP contribution in [0.15, 0.2) is 18.5 Å². The number of hydrogen-bond donors (Lipinski definition) is 1. The first-order chi connectivity index (χ1) is 8.80. The maximum Gasteiger partial charge on any atom is 0.137 e. The molecule has 0 saturated heterocycles. The van der Waals surface area contributed by atoms with Crippen LogP contribution in [0.3, 0.4) is 0 Å². The predicted octanol–water partition coefficient (Wildman–Crippen LogP) is 2.17. The number of hydrogen-bond acceptors (Lipinski definition) is 4. The quantitative estimate of drug-likeness (QED) is 0.805. The maximum atomic E-state index is 5.65. The van der Waals surface area contributed by atoms with Crippen LogP contribution in [0.5, 0.6) is 5.75 Å². The van der Waals surface area contributed by atoms with Gasteiger partial charge in [0.15, 0.2) is 0 Å². The van der Waals surface area contributed by atoms with Crippen molar-refractivity contribution in [3.8, 4) is 5.75 Å². The normalized spacial score (nSPS) is 18.4. The van der Waals surface area contributed by atoms with Crippen LogP contribution in [0, 0.1) is 5.92 Å². The lowest BCUT2D eigenvalue weighted by Gasteiger charge is -2.26. The van der Waals surface area contributed by atoms with E-state index >= 15 is 0 Å². The molecule has 1 aromatic heterocycles. The minimum atomic E-state index is 0.176. The molecule has 0 aromatic carbocycles. The van der Waals surface area contributed by atoms with Crippen molar-refractivity contribution >= 4 is 0 Å². The van der Waals surface area contributed by atoms with Crippen LogP contribution < -0.4 is 10.1 Å². The number of aromatic nitrogens is 1. The van der Waals surface area contributed by atoms with Gasteiger partial charge < -0.3 is 14.8 Å². The molecule has 2 unspecified atom stereocenters. The molecule has 1 fully saturated rings. The number of ether oxygens (including phenoxy) is 2. The molecule has 100 valence electrons.